The van der Waals surface area contributed by atoms with E-state index in [0.717, 1.165) is 31.7 Å². The first-order chi connectivity index (χ1) is 9.61. The fourth-order valence-corrected chi connectivity index (χ4v) is 4.13. The molecule has 1 aliphatic heterocycles. The van der Waals surface area contributed by atoms with Crippen molar-refractivity contribution in [3.8, 4) is 0 Å². The van der Waals surface area contributed by atoms with Gasteiger partial charge in [0.2, 0.25) is 5.91 Å². The lowest BCUT2D eigenvalue weighted by Crippen LogP contribution is -2.61. The highest BCUT2D eigenvalue weighted by Gasteiger charge is 2.42. The number of nitrogens with two attached hydrogens (primary N) is 1. The topological polar surface area (TPSA) is 58.4 Å². The Morgan fingerprint density at radius 1 is 1.35 bits per heavy atom. The molecule has 3 atom stereocenters. The minimum atomic E-state index is -0.461. The van der Waals surface area contributed by atoms with E-state index in [-0.39, 0.29) is 5.91 Å². The predicted octanol–water partition coefficient (Wildman–Crippen LogP) is 1.88. The molecule has 0 aromatic heterocycles. The molecule has 3 unspecified atom stereocenters. The van der Waals surface area contributed by atoms with E-state index in [2.05, 4.69) is 24.1 Å². The highest BCUT2D eigenvalue weighted by atomic mass is 16.1. The molecule has 1 saturated heterocycles. The summed E-state index contributed by atoms with van der Waals surface area (Å²) in [5.74, 6) is 0.681. The van der Waals surface area contributed by atoms with Crippen molar-refractivity contribution < 1.29 is 4.79 Å². The number of carbonyl (C=O) groups excluding carboxylic acids is 1. The Bertz CT molecular complexity index is 330. The van der Waals surface area contributed by atoms with Crippen LogP contribution in [0.2, 0.25) is 0 Å². The maximum absolute atomic E-state index is 12.0. The highest BCUT2D eigenvalue weighted by Crippen LogP contribution is 2.33. The second-order valence-electron chi connectivity index (χ2n) is 6.64. The summed E-state index contributed by atoms with van der Waals surface area (Å²) in [6.45, 7) is 7.57. The predicted molar refractivity (Wildman–Crippen MR) is 82.4 cm³/mol. The molecule has 2 fully saturated rings. The second-order valence-corrected chi connectivity index (χ2v) is 6.64. The summed E-state index contributed by atoms with van der Waals surface area (Å²) in [5.41, 5.74) is 5.25. The lowest BCUT2D eigenvalue weighted by molar-refractivity contribution is -0.126. The quantitative estimate of drug-likeness (QED) is 0.809. The number of likely N-dealkylation sites (N-methyl/N-ethyl adjacent to an activating group) is 1. The Kier molecular flexibility index (Phi) is 5.44. The second kappa shape index (κ2) is 6.90. The molecule has 3 N–H and O–H groups in total. The summed E-state index contributed by atoms with van der Waals surface area (Å²) >= 11 is 0. The molecule has 1 heterocycles. The van der Waals surface area contributed by atoms with Crippen molar-refractivity contribution in [1.82, 2.24) is 10.2 Å². The van der Waals surface area contributed by atoms with Crippen LogP contribution in [-0.4, -0.2) is 42.0 Å². The molecule has 0 spiro atoms. The molecule has 116 valence electrons. The molecule has 1 amide bonds. The number of hydrogen-bond donors (Lipinski definition) is 2. The van der Waals surface area contributed by atoms with Gasteiger partial charge in [0.25, 0.3) is 0 Å². The third-order valence-corrected chi connectivity index (χ3v) is 5.36. The lowest BCUT2D eigenvalue weighted by Gasteiger charge is -2.45. The Hall–Kier alpha value is -0.610. The van der Waals surface area contributed by atoms with Gasteiger partial charge in [0.1, 0.15) is 0 Å². The molecule has 2 rings (SSSR count). The van der Waals surface area contributed by atoms with Crippen LogP contribution in [0.3, 0.4) is 0 Å². The summed E-state index contributed by atoms with van der Waals surface area (Å²) in [6, 6.07) is 0.532. The zero-order chi connectivity index (χ0) is 14.6. The van der Waals surface area contributed by atoms with Crippen LogP contribution in [0.4, 0.5) is 0 Å². The van der Waals surface area contributed by atoms with Crippen molar-refractivity contribution in [2.75, 3.05) is 19.6 Å². The average molecular weight is 281 g/mol. The Labute approximate surface area is 123 Å². The number of piperidine rings is 1. The molecule has 4 heteroatoms. The van der Waals surface area contributed by atoms with Crippen LogP contribution in [0.15, 0.2) is 0 Å². The SMILES string of the molecule is CCNC1(C(N)=O)CCCC(N2CCCC(CC)C2)C1. The summed E-state index contributed by atoms with van der Waals surface area (Å²) in [5, 5.41) is 3.39. The number of likely N-dealkylation sites (tertiary alicyclic amines) is 1. The van der Waals surface area contributed by atoms with Gasteiger partial charge in [0.15, 0.2) is 0 Å². The van der Waals surface area contributed by atoms with Gasteiger partial charge in [-0.3, -0.25) is 4.79 Å². The first kappa shape index (κ1) is 15.8. The van der Waals surface area contributed by atoms with E-state index in [4.69, 9.17) is 5.73 Å². The zero-order valence-electron chi connectivity index (χ0n) is 13.2. The van der Waals surface area contributed by atoms with Gasteiger partial charge in [-0.1, -0.05) is 20.3 Å². The number of amides is 1. The van der Waals surface area contributed by atoms with Gasteiger partial charge >= 0.3 is 0 Å². The number of nitrogens with zero attached hydrogens (tertiary/aromatic N) is 1. The molecular weight excluding hydrogens is 250 g/mol. The third kappa shape index (κ3) is 3.34. The smallest absolute Gasteiger partial charge is 0.237 e. The van der Waals surface area contributed by atoms with E-state index in [1.807, 2.05) is 0 Å². The minimum Gasteiger partial charge on any atom is -0.368 e. The van der Waals surface area contributed by atoms with Crippen molar-refractivity contribution in [2.45, 2.75) is 70.4 Å². The number of carbonyl (C=O) groups is 1. The van der Waals surface area contributed by atoms with Crippen molar-refractivity contribution in [2.24, 2.45) is 11.7 Å². The van der Waals surface area contributed by atoms with Gasteiger partial charge in [-0.05, 0) is 57.5 Å². The number of primary amides is 1. The molecule has 1 aliphatic carbocycles. The van der Waals surface area contributed by atoms with Gasteiger partial charge in [-0.15, -0.1) is 0 Å². The maximum Gasteiger partial charge on any atom is 0.237 e. The Morgan fingerprint density at radius 3 is 2.80 bits per heavy atom. The molecule has 0 radical (unpaired) electrons. The van der Waals surface area contributed by atoms with E-state index in [9.17, 15) is 4.79 Å². The van der Waals surface area contributed by atoms with Crippen LogP contribution in [0.25, 0.3) is 0 Å². The van der Waals surface area contributed by atoms with Crippen LogP contribution in [0, 0.1) is 5.92 Å². The average Bonchev–Trinajstić information content (AvgIpc) is 2.48. The Morgan fingerprint density at radius 2 is 2.15 bits per heavy atom. The Balaban J connectivity index is 2.03. The van der Waals surface area contributed by atoms with E-state index in [1.54, 1.807) is 0 Å². The van der Waals surface area contributed by atoms with Crippen LogP contribution < -0.4 is 11.1 Å². The summed E-state index contributed by atoms with van der Waals surface area (Å²) in [7, 11) is 0. The highest BCUT2D eigenvalue weighted by molar-refractivity contribution is 5.84. The zero-order valence-corrected chi connectivity index (χ0v) is 13.2. The first-order valence-electron chi connectivity index (χ1n) is 8.40. The van der Waals surface area contributed by atoms with Gasteiger partial charge in [-0.25, -0.2) is 0 Å². The van der Waals surface area contributed by atoms with Gasteiger partial charge in [-0.2, -0.15) is 0 Å². The summed E-state index contributed by atoms with van der Waals surface area (Å²) in [6.07, 6.45) is 8.07. The molecule has 0 bridgehead atoms. The van der Waals surface area contributed by atoms with E-state index >= 15 is 0 Å². The largest absolute Gasteiger partial charge is 0.368 e. The number of nitrogens with one attached hydrogen (secondary N) is 1. The first-order valence-corrected chi connectivity index (χ1v) is 8.40. The fourth-order valence-electron chi connectivity index (χ4n) is 4.13. The van der Waals surface area contributed by atoms with Gasteiger partial charge in [0.05, 0.1) is 5.54 Å². The van der Waals surface area contributed by atoms with Crippen LogP contribution >= 0.6 is 0 Å². The van der Waals surface area contributed by atoms with Crippen molar-refractivity contribution in [1.29, 1.82) is 0 Å². The molecule has 0 aromatic rings. The molecule has 2 aliphatic rings. The molecule has 4 nitrogen and oxygen atoms in total. The number of rotatable bonds is 5. The lowest BCUT2D eigenvalue weighted by atomic mass is 9.77. The van der Waals surface area contributed by atoms with Crippen LogP contribution in [0.5, 0.6) is 0 Å². The molecule has 0 aromatic carbocycles. The van der Waals surface area contributed by atoms with Crippen molar-refractivity contribution in [3.63, 3.8) is 0 Å². The van der Waals surface area contributed by atoms with Crippen molar-refractivity contribution in [3.05, 3.63) is 0 Å². The summed E-state index contributed by atoms with van der Waals surface area (Å²) in [4.78, 5) is 14.6. The van der Waals surface area contributed by atoms with Crippen LogP contribution in [-0.2, 0) is 4.79 Å². The van der Waals surface area contributed by atoms with Crippen molar-refractivity contribution >= 4 is 5.91 Å². The summed E-state index contributed by atoms with van der Waals surface area (Å²) < 4.78 is 0. The monoisotopic (exact) mass is 281 g/mol. The third-order valence-electron chi connectivity index (χ3n) is 5.36. The van der Waals surface area contributed by atoms with Gasteiger partial charge in [0, 0.05) is 12.6 Å². The molecule has 1 saturated carbocycles. The van der Waals surface area contributed by atoms with E-state index in [1.165, 1.54) is 38.8 Å². The van der Waals surface area contributed by atoms with E-state index < -0.39 is 5.54 Å². The van der Waals surface area contributed by atoms with Gasteiger partial charge < -0.3 is 16.0 Å². The van der Waals surface area contributed by atoms with E-state index in [0.29, 0.717) is 6.04 Å². The minimum absolute atomic E-state index is 0.159. The standard InChI is InChI=1S/C16H31N3O/c1-3-13-7-6-10-19(12-13)14-8-5-9-16(11-14,15(17)20)18-4-2/h13-14,18H,3-12H2,1-2H3,(H2,17,20). The maximum atomic E-state index is 12.0. The normalized spacial score (nSPS) is 35.9. The molecule has 20 heavy (non-hydrogen) atoms. The fraction of sp³-hybridized carbons (Fsp3) is 0.938. The van der Waals surface area contributed by atoms with Crippen LogP contribution in [0.1, 0.15) is 58.8 Å². The molecular formula is C16H31N3O. The number of hydrogen-bond acceptors (Lipinski definition) is 3.